The smallest absolute Gasteiger partial charge is 0.336 e. The molecule has 26 heavy (non-hydrogen) atoms. The lowest BCUT2D eigenvalue weighted by Crippen LogP contribution is -2.55. The number of carbonyl (C=O) groups excluding carboxylic acids is 1. The highest BCUT2D eigenvalue weighted by atomic mass is 16.4. The van der Waals surface area contributed by atoms with Crippen LogP contribution in [0.1, 0.15) is 34.6 Å². The molecule has 0 radical (unpaired) electrons. The highest BCUT2D eigenvalue weighted by molar-refractivity contribution is 6.01. The van der Waals surface area contributed by atoms with E-state index in [1.165, 1.54) is 24.3 Å². The number of carbonyl (C=O) groups is 3. The van der Waals surface area contributed by atoms with E-state index in [2.05, 4.69) is 0 Å². The molecule has 7 N–H and O–H groups in total. The van der Waals surface area contributed by atoms with Crippen molar-refractivity contribution in [2.24, 2.45) is 0 Å². The number of carboxylic acid groups (broad SMARTS) is 2. The standard InChI is InChI=1S/C8H16O6.C8H6O4/c1-4(10)8(2,14)7(13)6(12)5(11)3-9;9-7(10)5-3-1-2-4-6(5)8(11)12/h5-7,9,11-14H,3H2,1-2H3;1-4H,(H,9,10)(H,11,12). The highest BCUT2D eigenvalue weighted by Crippen LogP contribution is 2.16. The van der Waals surface area contributed by atoms with Gasteiger partial charge in [-0.15, -0.1) is 0 Å². The van der Waals surface area contributed by atoms with Crippen LogP contribution in [0.5, 0.6) is 0 Å². The summed E-state index contributed by atoms with van der Waals surface area (Å²) in [5, 5.41) is 62.5. The molecule has 0 saturated heterocycles. The Hall–Kier alpha value is -2.37. The zero-order chi connectivity index (χ0) is 20.7. The van der Waals surface area contributed by atoms with Crippen LogP contribution < -0.4 is 0 Å². The zero-order valence-corrected chi connectivity index (χ0v) is 14.1. The lowest BCUT2D eigenvalue weighted by Gasteiger charge is -2.31. The molecule has 1 aromatic rings. The molecule has 4 atom stereocenters. The van der Waals surface area contributed by atoms with Crippen molar-refractivity contribution in [3.8, 4) is 0 Å². The largest absolute Gasteiger partial charge is 0.478 e. The second-order valence-corrected chi connectivity index (χ2v) is 5.54. The van der Waals surface area contributed by atoms with Gasteiger partial charge in [-0.05, 0) is 26.0 Å². The monoisotopic (exact) mass is 374 g/mol. The van der Waals surface area contributed by atoms with Crippen LogP contribution in [0.15, 0.2) is 24.3 Å². The quantitative estimate of drug-likeness (QED) is 0.295. The van der Waals surface area contributed by atoms with E-state index in [4.69, 9.17) is 20.4 Å². The molecule has 4 unspecified atom stereocenters. The Morgan fingerprint density at radius 3 is 1.65 bits per heavy atom. The number of Topliss-reactive ketones (excluding diaryl/α,β-unsaturated/α-hetero) is 1. The van der Waals surface area contributed by atoms with E-state index in [0.29, 0.717) is 0 Å². The number of aliphatic hydroxyl groups is 5. The molecule has 0 heterocycles. The van der Waals surface area contributed by atoms with Crippen LogP contribution in [-0.2, 0) is 4.79 Å². The topological polar surface area (TPSA) is 193 Å². The summed E-state index contributed by atoms with van der Waals surface area (Å²) in [6.07, 6.45) is -5.23. The molecule has 146 valence electrons. The summed E-state index contributed by atoms with van der Waals surface area (Å²) in [4.78, 5) is 31.8. The van der Waals surface area contributed by atoms with Crippen molar-refractivity contribution >= 4 is 17.7 Å². The maximum atomic E-state index is 10.9. The number of aromatic carboxylic acids is 2. The van der Waals surface area contributed by atoms with Crippen molar-refractivity contribution in [3.63, 3.8) is 0 Å². The second-order valence-electron chi connectivity index (χ2n) is 5.54. The van der Waals surface area contributed by atoms with Gasteiger partial charge in [-0.25, -0.2) is 9.59 Å². The van der Waals surface area contributed by atoms with Gasteiger partial charge in [0.1, 0.15) is 23.9 Å². The van der Waals surface area contributed by atoms with Crippen LogP contribution in [0.3, 0.4) is 0 Å². The van der Waals surface area contributed by atoms with E-state index in [1.54, 1.807) is 0 Å². The third kappa shape index (κ3) is 6.17. The molecular formula is C16H22O10. The van der Waals surface area contributed by atoms with Gasteiger partial charge in [0.2, 0.25) is 0 Å². The minimum absolute atomic E-state index is 0.190. The molecule has 0 bridgehead atoms. The van der Waals surface area contributed by atoms with Crippen molar-refractivity contribution in [2.45, 2.75) is 37.8 Å². The van der Waals surface area contributed by atoms with Crippen molar-refractivity contribution in [1.82, 2.24) is 0 Å². The Kier molecular flexibility index (Phi) is 9.04. The molecule has 0 aliphatic heterocycles. The van der Waals surface area contributed by atoms with Gasteiger partial charge in [-0.2, -0.15) is 0 Å². The number of aliphatic hydroxyl groups excluding tert-OH is 4. The third-order valence-corrected chi connectivity index (χ3v) is 3.58. The zero-order valence-electron chi connectivity index (χ0n) is 14.1. The average Bonchev–Trinajstić information content (AvgIpc) is 2.59. The summed E-state index contributed by atoms with van der Waals surface area (Å²) in [5.41, 5.74) is -2.52. The molecule has 1 aromatic carbocycles. The Morgan fingerprint density at radius 2 is 1.38 bits per heavy atom. The molecule has 0 amide bonds. The van der Waals surface area contributed by atoms with E-state index in [9.17, 15) is 29.7 Å². The van der Waals surface area contributed by atoms with Crippen LogP contribution in [0.2, 0.25) is 0 Å². The van der Waals surface area contributed by atoms with Crippen LogP contribution in [0.25, 0.3) is 0 Å². The Labute approximate surface area is 148 Å². The van der Waals surface area contributed by atoms with Gasteiger partial charge in [0.05, 0.1) is 17.7 Å². The Morgan fingerprint density at radius 1 is 1.00 bits per heavy atom. The van der Waals surface area contributed by atoms with Crippen LogP contribution >= 0.6 is 0 Å². The molecule has 1 rings (SSSR count). The van der Waals surface area contributed by atoms with Crippen LogP contribution in [-0.4, -0.2) is 84.0 Å². The third-order valence-electron chi connectivity index (χ3n) is 3.58. The normalized spacial score (nSPS) is 16.3. The van der Waals surface area contributed by atoms with Crippen LogP contribution in [0, 0.1) is 0 Å². The molecular weight excluding hydrogens is 352 g/mol. The maximum Gasteiger partial charge on any atom is 0.336 e. The first kappa shape index (κ1) is 23.6. The van der Waals surface area contributed by atoms with Gasteiger partial charge in [0, 0.05) is 0 Å². The van der Waals surface area contributed by atoms with E-state index in [-0.39, 0.29) is 11.1 Å². The first-order valence-electron chi connectivity index (χ1n) is 7.31. The minimum atomic E-state index is -2.14. The van der Waals surface area contributed by atoms with Crippen molar-refractivity contribution in [1.29, 1.82) is 0 Å². The summed E-state index contributed by atoms with van der Waals surface area (Å²) < 4.78 is 0. The number of hydrogen-bond acceptors (Lipinski definition) is 8. The van der Waals surface area contributed by atoms with E-state index < -0.39 is 48.2 Å². The molecule has 0 fully saturated rings. The lowest BCUT2D eigenvalue weighted by atomic mass is 9.89. The molecule has 0 aliphatic carbocycles. The van der Waals surface area contributed by atoms with E-state index in [1.807, 2.05) is 0 Å². The fourth-order valence-electron chi connectivity index (χ4n) is 1.72. The predicted octanol–water partition coefficient (Wildman–Crippen LogP) is -1.52. The van der Waals surface area contributed by atoms with Crippen molar-refractivity contribution < 1.29 is 50.1 Å². The Balaban J connectivity index is 0.000000485. The maximum absolute atomic E-state index is 10.9. The fraction of sp³-hybridized carbons (Fsp3) is 0.438. The molecule has 10 heteroatoms. The van der Waals surface area contributed by atoms with Crippen molar-refractivity contribution in [2.75, 3.05) is 6.61 Å². The van der Waals surface area contributed by atoms with E-state index >= 15 is 0 Å². The first-order valence-corrected chi connectivity index (χ1v) is 7.31. The number of rotatable bonds is 7. The van der Waals surface area contributed by atoms with Gasteiger partial charge in [0.15, 0.2) is 5.78 Å². The number of benzene rings is 1. The summed E-state index contributed by atoms with van der Waals surface area (Å²) in [5.74, 6) is -3.20. The SMILES string of the molecule is CC(=O)C(C)(O)C(O)C(O)C(O)CO.O=C(O)c1ccccc1C(=O)O. The molecule has 0 aromatic heterocycles. The number of ketones is 1. The molecule has 10 nitrogen and oxygen atoms in total. The molecule has 0 aliphatic rings. The predicted molar refractivity (Wildman–Crippen MR) is 86.8 cm³/mol. The lowest BCUT2D eigenvalue weighted by molar-refractivity contribution is -0.168. The van der Waals surface area contributed by atoms with E-state index in [0.717, 1.165) is 13.8 Å². The van der Waals surface area contributed by atoms with Gasteiger partial charge in [0.25, 0.3) is 0 Å². The molecule has 0 spiro atoms. The summed E-state index contributed by atoms with van der Waals surface area (Å²) in [6, 6.07) is 5.48. The van der Waals surface area contributed by atoms with Crippen molar-refractivity contribution in [3.05, 3.63) is 35.4 Å². The van der Waals surface area contributed by atoms with Gasteiger partial charge in [-0.3, -0.25) is 4.79 Å². The highest BCUT2D eigenvalue weighted by Gasteiger charge is 2.42. The molecule has 0 saturated carbocycles. The summed E-state index contributed by atoms with van der Waals surface area (Å²) in [6.45, 7) is 1.29. The summed E-state index contributed by atoms with van der Waals surface area (Å²) in [7, 11) is 0. The minimum Gasteiger partial charge on any atom is -0.478 e. The number of hydrogen-bond donors (Lipinski definition) is 7. The van der Waals surface area contributed by atoms with Gasteiger partial charge >= 0.3 is 11.9 Å². The van der Waals surface area contributed by atoms with Gasteiger partial charge in [-0.1, -0.05) is 12.1 Å². The first-order chi connectivity index (χ1) is 11.9. The van der Waals surface area contributed by atoms with Crippen LogP contribution in [0.4, 0.5) is 0 Å². The summed E-state index contributed by atoms with van der Waals surface area (Å²) >= 11 is 0. The van der Waals surface area contributed by atoms with Gasteiger partial charge < -0.3 is 35.7 Å². The Bertz CT molecular complexity index is 607. The second kappa shape index (κ2) is 9.94. The average molecular weight is 374 g/mol. The number of carboxylic acids is 2. The fourth-order valence-corrected chi connectivity index (χ4v) is 1.72.